The Morgan fingerprint density at radius 2 is 1.73 bits per heavy atom. The van der Waals surface area contributed by atoms with E-state index in [9.17, 15) is 0 Å². The Morgan fingerprint density at radius 1 is 1.07 bits per heavy atom. The zero-order chi connectivity index (χ0) is 22.1. The van der Waals surface area contributed by atoms with Crippen LogP contribution in [0.25, 0.3) is 11.4 Å². The van der Waals surface area contributed by atoms with Crippen LogP contribution in [0.1, 0.15) is 55.0 Å². The van der Waals surface area contributed by atoms with Crippen molar-refractivity contribution in [3.05, 3.63) is 89.1 Å². The smallest absolute Gasteiger partial charge is 0.128 e. The van der Waals surface area contributed by atoms with Crippen molar-refractivity contribution in [1.82, 2.24) is 5.32 Å². The Kier molecular flexibility index (Phi) is 8.67. The van der Waals surface area contributed by atoms with Crippen molar-refractivity contribution in [3.63, 3.8) is 0 Å². The summed E-state index contributed by atoms with van der Waals surface area (Å²) in [7, 11) is 1.71. The molecule has 1 aliphatic rings. The minimum atomic E-state index is 0.688. The van der Waals surface area contributed by atoms with E-state index >= 15 is 0 Å². The summed E-state index contributed by atoms with van der Waals surface area (Å²) < 4.78 is 5.63. The third-order valence-electron chi connectivity index (χ3n) is 5.10. The van der Waals surface area contributed by atoms with Gasteiger partial charge in [0, 0.05) is 22.5 Å². The molecular formula is C27H34N2O. The molecule has 1 N–H and O–H groups in total. The number of ether oxygens (including phenoxy) is 1. The molecule has 1 aliphatic carbocycles. The van der Waals surface area contributed by atoms with Crippen molar-refractivity contribution in [1.29, 1.82) is 0 Å². The standard InChI is InChI=1S/C25H28N2O.C2H6/c1-6-24(23-14-20-11-9-12-21(20)15-25(23)28-5)26-16-18(3)27-19(4)22-13-8-7-10-17(22)2;1-2/h6-8,10,13-16,27H,3-4,9,11-12H2,1-2,5H3;1-2H3/b24-6-,26-16?;. The van der Waals surface area contributed by atoms with E-state index in [2.05, 4.69) is 48.6 Å². The highest BCUT2D eigenvalue weighted by Crippen LogP contribution is 2.34. The molecule has 0 saturated carbocycles. The third-order valence-corrected chi connectivity index (χ3v) is 5.10. The first-order valence-corrected chi connectivity index (χ1v) is 10.6. The average molecular weight is 403 g/mol. The van der Waals surface area contributed by atoms with Crippen LogP contribution >= 0.6 is 0 Å². The molecule has 3 heteroatoms. The SMILES string of the molecule is C=C(C=N/C(=C\C)c1cc2c(cc1OC)CCC2)NC(=C)c1ccccc1C.CC. The average Bonchev–Trinajstić information content (AvgIpc) is 3.22. The molecule has 0 unspecified atom stereocenters. The van der Waals surface area contributed by atoms with Crippen LogP contribution in [0.2, 0.25) is 0 Å². The van der Waals surface area contributed by atoms with E-state index < -0.39 is 0 Å². The minimum absolute atomic E-state index is 0.688. The van der Waals surface area contributed by atoms with Crippen LogP contribution in [0.3, 0.4) is 0 Å². The van der Waals surface area contributed by atoms with Gasteiger partial charge in [0.15, 0.2) is 0 Å². The van der Waals surface area contributed by atoms with Crippen LogP contribution in [0.4, 0.5) is 0 Å². The first-order chi connectivity index (χ1) is 14.5. The predicted molar refractivity (Wildman–Crippen MR) is 131 cm³/mol. The second kappa shape index (κ2) is 11.2. The molecule has 0 spiro atoms. The van der Waals surface area contributed by atoms with E-state index in [1.807, 2.05) is 45.0 Å². The highest BCUT2D eigenvalue weighted by molar-refractivity contribution is 5.87. The summed E-state index contributed by atoms with van der Waals surface area (Å²) in [6.07, 6.45) is 7.20. The van der Waals surface area contributed by atoms with Gasteiger partial charge in [-0.3, -0.25) is 4.99 Å². The summed E-state index contributed by atoms with van der Waals surface area (Å²) in [5.74, 6) is 0.869. The maximum atomic E-state index is 5.63. The monoisotopic (exact) mass is 402 g/mol. The number of nitrogens with one attached hydrogen (secondary N) is 1. The molecule has 0 fully saturated rings. The number of rotatable bonds is 7. The zero-order valence-electron chi connectivity index (χ0n) is 19.0. The van der Waals surface area contributed by atoms with Crippen LogP contribution in [0.5, 0.6) is 5.75 Å². The van der Waals surface area contributed by atoms with E-state index in [0.717, 1.165) is 41.1 Å². The quantitative estimate of drug-likeness (QED) is 0.521. The lowest BCUT2D eigenvalue weighted by Crippen LogP contribution is -2.11. The molecule has 0 bridgehead atoms. The Morgan fingerprint density at radius 3 is 2.37 bits per heavy atom. The van der Waals surface area contributed by atoms with Crippen molar-refractivity contribution in [2.75, 3.05) is 7.11 Å². The van der Waals surface area contributed by atoms with Crippen molar-refractivity contribution in [2.24, 2.45) is 4.99 Å². The molecule has 3 nitrogen and oxygen atoms in total. The molecule has 0 radical (unpaired) electrons. The summed E-state index contributed by atoms with van der Waals surface area (Å²) in [5.41, 5.74) is 8.42. The number of hydrogen-bond acceptors (Lipinski definition) is 3. The molecule has 30 heavy (non-hydrogen) atoms. The highest BCUT2D eigenvalue weighted by atomic mass is 16.5. The molecule has 0 aliphatic heterocycles. The molecule has 158 valence electrons. The van der Waals surface area contributed by atoms with Crippen LogP contribution in [0.15, 0.2) is 66.3 Å². The molecule has 0 amide bonds. The summed E-state index contributed by atoms with van der Waals surface area (Å²) in [6.45, 7) is 16.3. The van der Waals surface area contributed by atoms with Crippen LogP contribution in [-0.2, 0) is 12.8 Å². The second-order valence-electron chi connectivity index (χ2n) is 7.05. The number of fused-ring (bicyclic) bond motifs is 1. The highest BCUT2D eigenvalue weighted by Gasteiger charge is 2.16. The third kappa shape index (κ3) is 5.50. The summed E-state index contributed by atoms with van der Waals surface area (Å²) >= 11 is 0. The number of aryl methyl sites for hydroxylation is 3. The number of methoxy groups -OCH3 is 1. The van der Waals surface area contributed by atoms with E-state index in [0.29, 0.717) is 5.70 Å². The van der Waals surface area contributed by atoms with E-state index in [4.69, 9.17) is 4.74 Å². The number of allylic oxidation sites excluding steroid dienone is 2. The number of aliphatic imine (C=N–C) groups is 1. The van der Waals surface area contributed by atoms with Gasteiger partial charge in [0.1, 0.15) is 5.75 Å². The first-order valence-electron chi connectivity index (χ1n) is 10.6. The predicted octanol–water partition coefficient (Wildman–Crippen LogP) is 6.72. The van der Waals surface area contributed by atoms with Crippen molar-refractivity contribution in [3.8, 4) is 5.75 Å². The molecule has 0 atom stereocenters. The van der Waals surface area contributed by atoms with Crippen molar-refractivity contribution in [2.45, 2.75) is 47.0 Å². The molecule has 0 aromatic heterocycles. The fourth-order valence-corrected chi connectivity index (χ4v) is 3.62. The van der Waals surface area contributed by atoms with Gasteiger partial charge in [-0.05, 0) is 61.9 Å². The number of hydrogen-bond donors (Lipinski definition) is 1. The van der Waals surface area contributed by atoms with Gasteiger partial charge < -0.3 is 10.1 Å². The molecule has 3 rings (SSSR count). The van der Waals surface area contributed by atoms with E-state index in [-0.39, 0.29) is 0 Å². The zero-order valence-corrected chi connectivity index (χ0v) is 19.0. The lowest BCUT2D eigenvalue weighted by atomic mass is 10.0. The minimum Gasteiger partial charge on any atom is -0.496 e. The van der Waals surface area contributed by atoms with E-state index in [1.165, 1.54) is 23.1 Å². The first kappa shape index (κ1) is 23.2. The molecule has 0 saturated heterocycles. The molecular weight excluding hydrogens is 368 g/mol. The van der Waals surface area contributed by atoms with Crippen molar-refractivity contribution >= 4 is 17.6 Å². The Bertz CT molecular complexity index is 967. The summed E-state index contributed by atoms with van der Waals surface area (Å²) in [6, 6.07) is 12.5. The maximum Gasteiger partial charge on any atom is 0.128 e. The van der Waals surface area contributed by atoms with E-state index in [1.54, 1.807) is 13.3 Å². The van der Waals surface area contributed by atoms with Gasteiger partial charge in [0.2, 0.25) is 0 Å². The topological polar surface area (TPSA) is 33.6 Å². The van der Waals surface area contributed by atoms with Gasteiger partial charge in [-0.2, -0.15) is 0 Å². The van der Waals surface area contributed by atoms with Crippen LogP contribution < -0.4 is 10.1 Å². The molecule has 0 heterocycles. The number of nitrogens with zero attached hydrogens (tertiary/aromatic N) is 1. The molecule has 2 aromatic rings. The fraction of sp³-hybridized carbons (Fsp3) is 0.296. The Balaban J connectivity index is 0.00000155. The lowest BCUT2D eigenvalue weighted by Gasteiger charge is -2.13. The second-order valence-corrected chi connectivity index (χ2v) is 7.05. The molecule has 2 aromatic carbocycles. The van der Waals surface area contributed by atoms with Gasteiger partial charge in [0.25, 0.3) is 0 Å². The van der Waals surface area contributed by atoms with Gasteiger partial charge >= 0.3 is 0 Å². The maximum absolute atomic E-state index is 5.63. The van der Waals surface area contributed by atoms with Crippen molar-refractivity contribution < 1.29 is 4.74 Å². The largest absolute Gasteiger partial charge is 0.496 e. The summed E-state index contributed by atoms with van der Waals surface area (Å²) in [5, 5.41) is 3.24. The number of benzene rings is 2. The van der Waals surface area contributed by atoms with Gasteiger partial charge in [-0.25, -0.2) is 0 Å². The fourth-order valence-electron chi connectivity index (χ4n) is 3.62. The van der Waals surface area contributed by atoms with Crippen LogP contribution in [-0.4, -0.2) is 13.3 Å². The summed E-state index contributed by atoms with van der Waals surface area (Å²) in [4.78, 5) is 4.67. The normalized spacial score (nSPS) is 12.8. The Labute approximate surface area is 181 Å². The van der Waals surface area contributed by atoms with Gasteiger partial charge in [-0.1, -0.05) is 57.3 Å². The van der Waals surface area contributed by atoms with Crippen LogP contribution in [0, 0.1) is 6.92 Å². The Hall–Kier alpha value is -3.07. The van der Waals surface area contributed by atoms with Gasteiger partial charge in [0.05, 0.1) is 19.0 Å². The van der Waals surface area contributed by atoms with Gasteiger partial charge in [-0.15, -0.1) is 0 Å². The lowest BCUT2D eigenvalue weighted by molar-refractivity contribution is 0.413.